The van der Waals surface area contributed by atoms with Crippen LogP contribution in [0, 0.1) is 11.3 Å². The van der Waals surface area contributed by atoms with Crippen LogP contribution in [0.4, 0.5) is 4.39 Å². The fourth-order valence-corrected chi connectivity index (χ4v) is 2.69. The summed E-state index contributed by atoms with van der Waals surface area (Å²) in [6, 6.07) is 3.72. The average Bonchev–Trinajstić information content (AvgIpc) is 2.93. The molecule has 0 amide bonds. The summed E-state index contributed by atoms with van der Waals surface area (Å²) in [5.74, 6) is 0.519. The van der Waals surface area contributed by atoms with Crippen molar-refractivity contribution in [1.29, 1.82) is 5.26 Å². The van der Waals surface area contributed by atoms with Crippen LogP contribution in [-0.4, -0.2) is 9.97 Å². The molecule has 0 N–H and O–H groups in total. The second-order valence-corrected chi connectivity index (χ2v) is 5.45. The van der Waals surface area contributed by atoms with Gasteiger partial charge in [0.2, 0.25) is 0 Å². The zero-order valence-electron chi connectivity index (χ0n) is 12.6. The Balaban J connectivity index is 1.86. The molecule has 2 aliphatic rings. The minimum absolute atomic E-state index is 0.162. The molecule has 1 heterocycles. The zero-order valence-corrected chi connectivity index (χ0v) is 12.6. The molecule has 3 nitrogen and oxygen atoms in total. The topological polar surface area (TPSA) is 49.6 Å². The first kappa shape index (κ1) is 15.1. The van der Waals surface area contributed by atoms with Crippen LogP contribution in [0.5, 0.6) is 0 Å². The Hall–Kier alpha value is -2.80. The molecular weight excluding hydrogens is 289 g/mol. The van der Waals surface area contributed by atoms with Crippen LogP contribution < -0.4 is 0 Å². The Morgan fingerprint density at radius 2 is 2.00 bits per heavy atom. The van der Waals surface area contributed by atoms with Gasteiger partial charge in [-0.1, -0.05) is 30.4 Å². The van der Waals surface area contributed by atoms with Crippen LogP contribution in [0.25, 0.3) is 0 Å². The van der Waals surface area contributed by atoms with Crippen LogP contribution in [0.2, 0.25) is 0 Å². The molecule has 1 unspecified atom stereocenters. The molecule has 1 atom stereocenters. The predicted octanol–water partition coefficient (Wildman–Crippen LogP) is 4.47. The summed E-state index contributed by atoms with van der Waals surface area (Å²) >= 11 is 0. The minimum atomic E-state index is -0.450. The van der Waals surface area contributed by atoms with Gasteiger partial charge in [0, 0.05) is 24.7 Å². The summed E-state index contributed by atoms with van der Waals surface area (Å²) in [5, 5.41) is 8.94. The standard InChI is InChI=1S/C19H16FN3/c20-18-12-16(6-2-7-17(18)13-21)14-4-1-5-15(9-8-14)19-22-10-3-11-23-19/h2-4,6,8-12,15H,1,5,7H2. The number of rotatable bonds is 2. The van der Waals surface area contributed by atoms with Crippen molar-refractivity contribution in [2.45, 2.75) is 25.2 Å². The molecule has 4 heteroatoms. The lowest BCUT2D eigenvalue weighted by Crippen LogP contribution is -2.00. The van der Waals surface area contributed by atoms with Crippen molar-refractivity contribution in [3.05, 3.63) is 83.3 Å². The van der Waals surface area contributed by atoms with Crippen LogP contribution >= 0.6 is 0 Å². The van der Waals surface area contributed by atoms with Crippen LogP contribution in [0.3, 0.4) is 0 Å². The average molecular weight is 305 g/mol. The normalized spacial score (nSPS) is 21.1. The maximum atomic E-state index is 14.0. The smallest absolute Gasteiger partial charge is 0.137 e. The second kappa shape index (κ2) is 6.97. The quantitative estimate of drug-likeness (QED) is 0.810. The molecule has 0 aliphatic heterocycles. The third kappa shape index (κ3) is 3.51. The zero-order chi connectivity index (χ0) is 16.1. The number of aromatic nitrogens is 2. The number of hydrogen-bond donors (Lipinski definition) is 0. The van der Waals surface area contributed by atoms with Crippen molar-refractivity contribution in [2.24, 2.45) is 0 Å². The van der Waals surface area contributed by atoms with E-state index in [2.05, 4.69) is 22.1 Å². The van der Waals surface area contributed by atoms with E-state index in [0.29, 0.717) is 6.42 Å². The number of nitriles is 1. The van der Waals surface area contributed by atoms with Gasteiger partial charge in [-0.15, -0.1) is 0 Å². The van der Waals surface area contributed by atoms with Crippen molar-refractivity contribution in [3.63, 3.8) is 0 Å². The molecule has 1 aromatic rings. The van der Waals surface area contributed by atoms with Crippen LogP contribution in [0.15, 0.2) is 77.5 Å². The van der Waals surface area contributed by atoms with E-state index in [1.165, 1.54) is 6.08 Å². The van der Waals surface area contributed by atoms with Gasteiger partial charge in [0.05, 0.1) is 11.6 Å². The Labute approximate surface area is 134 Å². The Morgan fingerprint density at radius 3 is 2.78 bits per heavy atom. The lowest BCUT2D eigenvalue weighted by Gasteiger charge is -2.07. The summed E-state index contributed by atoms with van der Waals surface area (Å²) in [6.45, 7) is 0. The molecule has 0 aromatic carbocycles. The van der Waals surface area contributed by atoms with E-state index in [4.69, 9.17) is 5.26 Å². The first-order chi connectivity index (χ1) is 11.3. The highest BCUT2D eigenvalue weighted by Crippen LogP contribution is 2.29. The summed E-state index contributed by atoms with van der Waals surface area (Å²) < 4.78 is 14.0. The van der Waals surface area contributed by atoms with Gasteiger partial charge in [-0.3, -0.25) is 0 Å². The van der Waals surface area contributed by atoms with Crippen molar-refractivity contribution in [2.75, 3.05) is 0 Å². The van der Waals surface area contributed by atoms with Gasteiger partial charge in [0.1, 0.15) is 11.7 Å². The van der Waals surface area contributed by atoms with Crippen molar-refractivity contribution in [1.82, 2.24) is 9.97 Å². The summed E-state index contributed by atoms with van der Waals surface area (Å²) in [4.78, 5) is 8.62. The number of allylic oxidation sites excluding steroid dienone is 10. The number of nitrogens with zero attached hydrogens (tertiary/aromatic N) is 3. The maximum Gasteiger partial charge on any atom is 0.137 e. The van der Waals surface area contributed by atoms with E-state index in [0.717, 1.165) is 29.8 Å². The SMILES string of the molecule is N#CC1=C(F)C=C(C2=CCCC(c3ncccn3)C=C2)C=CC1. The molecule has 0 bridgehead atoms. The largest absolute Gasteiger partial charge is 0.241 e. The molecule has 23 heavy (non-hydrogen) atoms. The molecular formula is C19H16FN3. The van der Waals surface area contributed by atoms with E-state index in [1.54, 1.807) is 18.5 Å². The molecule has 114 valence electrons. The first-order valence-electron chi connectivity index (χ1n) is 7.60. The third-order valence-electron chi connectivity index (χ3n) is 3.93. The number of halogens is 1. The molecule has 0 saturated heterocycles. The van der Waals surface area contributed by atoms with Gasteiger partial charge < -0.3 is 0 Å². The van der Waals surface area contributed by atoms with E-state index in [-0.39, 0.29) is 11.5 Å². The molecule has 1 aromatic heterocycles. The molecule has 0 fully saturated rings. The Bertz CT molecular complexity index is 777. The Kier molecular flexibility index (Phi) is 4.58. The lowest BCUT2D eigenvalue weighted by atomic mass is 10.0. The third-order valence-corrected chi connectivity index (χ3v) is 3.93. The molecule has 0 saturated carbocycles. The lowest BCUT2D eigenvalue weighted by molar-refractivity contribution is 0.656. The van der Waals surface area contributed by atoms with Gasteiger partial charge >= 0.3 is 0 Å². The highest BCUT2D eigenvalue weighted by molar-refractivity contribution is 5.53. The maximum absolute atomic E-state index is 14.0. The molecule has 2 aliphatic carbocycles. The molecule has 0 spiro atoms. The van der Waals surface area contributed by atoms with Gasteiger partial charge in [-0.2, -0.15) is 5.26 Å². The summed E-state index contributed by atoms with van der Waals surface area (Å²) in [5.41, 5.74) is 1.93. The predicted molar refractivity (Wildman–Crippen MR) is 86.8 cm³/mol. The van der Waals surface area contributed by atoms with Crippen molar-refractivity contribution >= 4 is 0 Å². The van der Waals surface area contributed by atoms with Crippen LogP contribution in [0.1, 0.15) is 31.0 Å². The molecule has 0 radical (unpaired) electrons. The molecule has 3 rings (SSSR count). The van der Waals surface area contributed by atoms with Crippen LogP contribution in [-0.2, 0) is 0 Å². The van der Waals surface area contributed by atoms with Gasteiger partial charge in [0.15, 0.2) is 0 Å². The Morgan fingerprint density at radius 1 is 1.17 bits per heavy atom. The van der Waals surface area contributed by atoms with Gasteiger partial charge in [0.25, 0.3) is 0 Å². The number of hydrogen-bond acceptors (Lipinski definition) is 3. The summed E-state index contributed by atoms with van der Waals surface area (Å²) in [6.07, 6.45) is 16.9. The highest BCUT2D eigenvalue weighted by atomic mass is 19.1. The second-order valence-electron chi connectivity index (χ2n) is 5.45. The van der Waals surface area contributed by atoms with Gasteiger partial charge in [-0.05, 0) is 36.1 Å². The fraction of sp³-hybridized carbons (Fsp3) is 0.211. The van der Waals surface area contributed by atoms with E-state index >= 15 is 0 Å². The summed E-state index contributed by atoms with van der Waals surface area (Å²) in [7, 11) is 0. The van der Waals surface area contributed by atoms with E-state index in [1.807, 2.05) is 24.3 Å². The van der Waals surface area contributed by atoms with E-state index < -0.39 is 5.83 Å². The van der Waals surface area contributed by atoms with Crippen molar-refractivity contribution < 1.29 is 4.39 Å². The van der Waals surface area contributed by atoms with Crippen molar-refractivity contribution in [3.8, 4) is 6.07 Å². The highest BCUT2D eigenvalue weighted by Gasteiger charge is 2.15. The van der Waals surface area contributed by atoms with E-state index in [9.17, 15) is 4.39 Å². The monoisotopic (exact) mass is 305 g/mol. The fourth-order valence-electron chi connectivity index (χ4n) is 2.69. The van der Waals surface area contributed by atoms with Gasteiger partial charge in [-0.25, -0.2) is 14.4 Å². The first-order valence-corrected chi connectivity index (χ1v) is 7.60. The minimum Gasteiger partial charge on any atom is -0.241 e.